The number of carbonyl (C=O) groups is 2. The molecule has 7 heteroatoms. The molecule has 0 bridgehead atoms. The zero-order valence-corrected chi connectivity index (χ0v) is 21.0. The monoisotopic (exact) mass is 488 g/mol. The second kappa shape index (κ2) is 9.10. The summed E-state index contributed by atoms with van der Waals surface area (Å²) in [5.41, 5.74) is 6.17. The van der Waals surface area contributed by atoms with Gasteiger partial charge in [-0.3, -0.25) is 9.59 Å². The molecule has 4 heterocycles. The van der Waals surface area contributed by atoms with E-state index in [-0.39, 0.29) is 11.8 Å². The van der Waals surface area contributed by atoms with Gasteiger partial charge in [-0.2, -0.15) is 0 Å². The van der Waals surface area contributed by atoms with Gasteiger partial charge in [-0.05, 0) is 70.1 Å². The highest BCUT2D eigenvalue weighted by Crippen LogP contribution is 2.55. The Labute approximate surface area is 211 Å². The third-order valence-corrected chi connectivity index (χ3v) is 9.03. The Morgan fingerprint density at radius 2 is 2.03 bits per heavy atom. The van der Waals surface area contributed by atoms with Gasteiger partial charge in [0.1, 0.15) is 10.4 Å². The Morgan fingerprint density at radius 3 is 2.83 bits per heavy atom. The van der Waals surface area contributed by atoms with E-state index in [4.69, 9.17) is 4.99 Å². The van der Waals surface area contributed by atoms with E-state index in [0.29, 0.717) is 18.3 Å². The Balaban J connectivity index is 1.27. The molecule has 6 rings (SSSR count). The number of benzene rings is 1. The number of carbonyl (C=O) groups excluding carboxylic acids is 2. The number of nitrogens with zero attached hydrogens (tertiary/aromatic N) is 2. The average Bonchev–Trinajstić information content (AvgIpc) is 3.66. The number of nitrogens with one attached hydrogen (secondary N) is 2. The van der Waals surface area contributed by atoms with E-state index < -0.39 is 4.75 Å². The fraction of sp³-hybridized carbons (Fsp3) is 0.464. The van der Waals surface area contributed by atoms with Crippen molar-refractivity contribution in [2.24, 2.45) is 4.99 Å². The van der Waals surface area contributed by atoms with Gasteiger partial charge in [-0.1, -0.05) is 35.9 Å². The molecule has 5 aliphatic rings. The SMILES string of the molecule is CC1(C(=O)NC2CC2)CC2=C(S1)c1ccccc1N(C(=O)C1=CCCC(C3=CCNCC3)=N1)CC2. The van der Waals surface area contributed by atoms with Crippen LogP contribution in [0.4, 0.5) is 5.69 Å². The topological polar surface area (TPSA) is 73.8 Å². The van der Waals surface area contributed by atoms with Crippen LogP contribution in [0.2, 0.25) is 0 Å². The second-order valence-electron chi connectivity index (χ2n) is 10.3. The van der Waals surface area contributed by atoms with Crippen LogP contribution in [-0.4, -0.2) is 47.9 Å². The third-order valence-electron chi connectivity index (χ3n) is 7.54. The Kier molecular flexibility index (Phi) is 5.93. The number of thioether (sulfide) groups is 1. The minimum Gasteiger partial charge on any atom is -0.352 e. The van der Waals surface area contributed by atoms with Crippen molar-refractivity contribution in [3.63, 3.8) is 0 Å². The highest BCUT2D eigenvalue weighted by molar-refractivity contribution is 8.10. The minimum absolute atomic E-state index is 0.0235. The number of hydrogen-bond acceptors (Lipinski definition) is 5. The molecule has 1 aromatic rings. The predicted molar refractivity (Wildman–Crippen MR) is 142 cm³/mol. The van der Waals surface area contributed by atoms with Crippen LogP contribution in [0.15, 0.2) is 58.3 Å². The molecule has 2 N–H and O–H groups in total. The number of fused-ring (bicyclic) bond motifs is 2. The Morgan fingerprint density at radius 1 is 1.17 bits per heavy atom. The molecule has 0 spiro atoms. The molecule has 1 fully saturated rings. The third kappa shape index (κ3) is 4.40. The van der Waals surface area contributed by atoms with Gasteiger partial charge in [0.15, 0.2) is 0 Å². The van der Waals surface area contributed by atoms with E-state index in [9.17, 15) is 9.59 Å². The van der Waals surface area contributed by atoms with Gasteiger partial charge in [0.25, 0.3) is 5.91 Å². The van der Waals surface area contributed by atoms with E-state index in [1.807, 2.05) is 29.2 Å². The molecule has 35 heavy (non-hydrogen) atoms. The fourth-order valence-electron chi connectivity index (χ4n) is 5.42. The molecule has 1 unspecified atom stereocenters. The first-order valence-corrected chi connectivity index (χ1v) is 13.6. The summed E-state index contributed by atoms with van der Waals surface area (Å²) < 4.78 is -0.486. The van der Waals surface area contributed by atoms with Gasteiger partial charge < -0.3 is 15.5 Å². The lowest BCUT2D eigenvalue weighted by molar-refractivity contribution is -0.123. The highest BCUT2D eigenvalue weighted by atomic mass is 32.2. The van der Waals surface area contributed by atoms with E-state index in [2.05, 4.69) is 29.7 Å². The van der Waals surface area contributed by atoms with Gasteiger partial charge in [0.05, 0.1) is 5.69 Å². The maximum Gasteiger partial charge on any atom is 0.276 e. The summed E-state index contributed by atoms with van der Waals surface area (Å²) in [6, 6.07) is 8.51. The van der Waals surface area contributed by atoms with Gasteiger partial charge in [0, 0.05) is 35.3 Å². The van der Waals surface area contributed by atoms with Gasteiger partial charge >= 0.3 is 0 Å². The molecule has 1 saturated carbocycles. The first kappa shape index (κ1) is 22.8. The molecule has 0 aromatic heterocycles. The van der Waals surface area contributed by atoms with Crippen molar-refractivity contribution in [3.8, 4) is 0 Å². The van der Waals surface area contributed by atoms with Crippen LogP contribution in [0.25, 0.3) is 4.91 Å². The predicted octanol–water partition coefficient (Wildman–Crippen LogP) is 4.35. The van der Waals surface area contributed by atoms with Crippen LogP contribution in [0.1, 0.15) is 57.4 Å². The van der Waals surface area contributed by atoms with Crippen molar-refractivity contribution in [3.05, 3.63) is 58.8 Å². The summed E-state index contributed by atoms with van der Waals surface area (Å²) in [4.78, 5) is 34.8. The standard InChI is InChI=1S/C28H32N4O2S/c1-28(27(34)30-20-9-10-20)17-19-13-16-32(24-8-3-2-5-21(24)25(19)35-28)26(33)23-7-4-6-22(31-23)18-11-14-29-15-12-18/h2-3,5,7-8,11,20,29H,4,6,9-10,12-17H2,1H3,(H,30,34). The molecule has 4 aliphatic heterocycles. The van der Waals surface area contributed by atoms with Gasteiger partial charge in [-0.25, -0.2) is 4.99 Å². The van der Waals surface area contributed by atoms with Crippen molar-refractivity contribution in [2.45, 2.75) is 62.7 Å². The van der Waals surface area contributed by atoms with Crippen LogP contribution in [-0.2, 0) is 9.59 Å². The van der Waals surface area contributed by atoms with Crippen LogP contribution >= 0.6 is 11.8 Å². The molecule has 1 aliphatic carbocycles. The lowest BCUT2D eigenvalue weighted by Crippen LogP contribution is -2.42. The molecule has 182 valence electrons. The number of amides is 2. The fourth-order valence-corrected chi connectivity index (χ4v) is 6.87. The van der Waals surface area contributed by atoms with Crippen molar-refractivity contribution in [1.29, 1.82) is 0 Å². The van der Waals surface area contributed by atoms with Crippen LogP contribution in [0, 0.1) is 0 Å². The largest absolute Gasteiger partial charge is 0.352 e. The normalized spacial score (nSPS) is 26.2. The van der Waals surface area contributed by atoms with Crippen LogP contribution < -0.4 is 15.5 Å². The van der Waals surface area contributed by atoms with Crippen LogP contribution in [0.3, 0.4) is 0 Å². The summed E-state index contributed by atoms with van der Waals surface area (Å²) in [5, 5.41) is 6.55. The summed E-state index contributed by atoms with van der Waals surface area (Å²) >= 11 is 1.67. The number of rotatable bonds is 4. The zero-order valence-electron chi connectivity index (χ0n) is 20.2. The highest BCUT2D eigenvalue weighted by Gasteiger charge is 2.45. The molecule has 0 saturated heterocycles. The smallest absolute Gasteiger partial charge is 0.276 e. The second-order valence-corrected chi connectivity index (χ2v) is 11.8. The average molecular weight is 489 g/mol. The first-order chi connectivity index (χ1) is 17.0. The molecule has 0 radical (unpaired) electrons. The maximum atomic E-state index is 13.8. The summed E-state index contributed by atoms with van der Waals surface area (Å²) in [7, 11) is 0. The number of hydrogen-bond donors (Lipinski definition) is 2. The van der Waals surface area contributed by atoms with Crippen LogP contribution in [0.5, 0.6) is 0 Å². The molecule has 1 aromatic carbocycles. The molecule has 2 amide bonds. The first-order valence-electron chi connectivity index (χ1n) is 12.8. The summed E-state index contributed by atoms with van der Waals surface area (Å²) in [6.07, 6.45) is 10.6. The number of para-hydroxylation sites is 1. The van der Waals surface area contributed by atoms with E-state index >= 15 is 0 Å². The van der Waals surface area contributed by atoms with E-state index in [1.165, 1.54) is 16.1 Å². The van der Waals surface area contributed by atoms with Crippen molar-refractivity contribution in [2.75, 3.05) is 24.5 Å². The molecular formula is C28H32N4O2S. The summed E-state index contributed by atoms with van der Waals surface area (Å²) in [5.74, 6) is 0.120. The van der Waals surface area contributed by atoms with Gasteiger partial charge in [0.2, 0.25) is 5.91 Å². The Bertz CT molecular complexity index is 1210. The lowest BCUT2D eigenvalue weighted by atomic mass is 9.96. The van der Waals surface area contributed by atoms with Crippen molar-refractivity contribution < 1.29 is 9.59 Å². The Hall–Kier alpha value is -2.64. The van der Waals surface area contributed by atoms with Crippen molar-refractivity contribution in [1.82, 2.24) is 10.6 Å². The van der Waals surface area contributed by atoms with E-state index in [1.54, 1.807) is 11.8 Å². The minimum atomic E-state index is -0.486. The molecule has 1 atom stereocenters. The molecular weight excluding hydrogens is 456 g/mol. The zero-order chi connectivity index (χ0) is 24.0. The molecule has 6 nitrogen and oxygen atoms in total. The van der Waals surface area contributed by atoms with E-state index in [0.717, 1.165) is 75.0 Å². The lowest BCUT2D eigenvalue weighted by Gasteiger charge is -2.28. The number of anilines is 1. The van der Waals surface area contributed by atoms with Crippen molar-refractivity contribution >= 4 is 39.9 Å². The number of aliphatic imine (C=N–C) groups is 1. The quantitative estimate of drug-likeness (QED) is 0.661. The summed E-state index contributed by atoms with van der Waals surface area (Å²) in [6.45, 7) is 4.50. The maximum absolute atomic E-state index is 13.8. The number of allylic oxidation sites excluding steroid dienone is 1. The van der Waals surface area contributed by atoms with Gasteiger partial charge in [-0.15, -0.1) is 11.8 Å².